The highest BCUT2D eigenvalue weighted by Crippen LogP contribution is 2.46. The number of H-pyrrole nitrogens is 3. The van der Waals surface area contributed by atoms with E-state index < -0.39 is 177 Å². The molecule has 702 valence electrons. The second-order valence-corrected chi connectivity index (χ2v) is 53.1. The van der Waals surface area contributed by atoms with Crippen LogP contribution in [0.5, 0.6) is 0 Å². The summed E-state index contributed by atoms with van der Waals surface area (Å²) in [6.07, 6.45) is 10.9. The molecule has 5 aliphatic rings. The molecule has 13 N–H and O–H groups in total. The van der Waals surface area contributed by atoms with Gasteiger partial charge in [0.1, 0.15) is 72.8 Å². The average Bonchev–Trinajstić information content (AvgIpc) is 2.09. The van der Waals surface area contributed by atoms with Crippen LogP contribution in [0.1, 0.15) is 118 Å². The summed E-state index contributed by atoms with van der Waals surface area (Å²) in [6.45, 7) is 17.7. The van der Waals surface area contributed by atoms with Gasteiger partial charge < -0.3 is 84.9 Å². The number of aliphatic hydroxyl groups excluding tert-OH is 7. The molecule has 17 atom stereocenters. The van der Waals surface area contributed by atoms with Gasteiger partial charge in [-0.3, -0.25) is 76.1 Å². The number of esters is 1. The monoisotopic (exact) mass is 1870 g/mol. The van der Waals surface area contributed by atoms with Gasteiger partial charge in [-0.15, -0.1) is 52.7 Å². The van der Waals surface area contributed by atoms with Crippen molar-refractivity contribution in [2.24, 2.45) is 5.92 Å². The van der Waals surface area contributed by atoms with Crippen LogP contribution in [0.25, 0.3) is 11.1 Å². The lowest BCUT2D eigenvalue weighted by atomic mass is 9.98. The number of fused-ring (bicyclic) bond motifs is 3. The Balaban J connectivity index is 0.000000216. The summed E-state index contributed by atoms with van der Waals surface area (Å²) in [7, 11) is 1.44. The maximum atomic E-state index is 13.3. The minimum Gasteiger partial charge on any atom is -0.433 e. The summed E-state index contributed by atoms with van der Waals surface area (Å²) in [5.74, 6) is -2.09. The molecular weight excluding hydrogens is 1750 g/mol. The fraction of sp³-hybridized carbons (Fsp3) is 0.565. The molecule has 4 aromatic heterocycles. The molecule has 4 unspecified atom stereocenters. The molecule has 0 saturated carbocycles. The predicted octanol–water partition coefficient (Wildman–Crippen LogP) is 2.07. The van der Waals surface area contributed by atoms with E-state index in [9.17, 15) is 93.3 Å². The Morgan fingerprint density at radius 2 is 0.850 bits per heavy atom. The van der Waals surface area contributed by atoms with Gasteiger partial charge in [0.2, 0.25) is 0 Å². The zero-order valence-electron chi connectivity index (χ0n) is 74.1. The predicted molar refractivity (Wildman–Crippen MR) is 496 cm³/mol. The minimum absolute atomic E-state index is 0.00718. The van der Waals surface area contributed by atoms with Gasteiger partial charge in [0.25, 0.3) is 22.2 Å². The fourth-order valence-electron chi connectivity index (χ4n) is 14.8. The highest BCUT2D eigenvalue weighted by molar-refractivity contribution is 7.73. The lowest BCUT2D eigenvalue weighted by Gasteiger charge is -2.21. The van der Waals surface area contributed by atoms with Crippen LogP contribution >= 0.6 is 39.8 Å². The van der Waals surface area contributed by atoms with Gasteiger partial charge >= 0.3 is 29.2 Å². The number of nitrogens with zero attached hydrogens (tertiary/aromatic N) is 5. The molecule has 4 aliphatic heterocycles. The van der Waals surface area contributed by atoms with E-state index in [0.29, 0.717) is 31.2 Å². The van der Waals surface area contributed by atoms with Gasteiger partial charge in [0.15, 0.2) is 29.7 Å². The maximum Gasteiger partial charge on any atom is 0.516 e. The number of carbonyl (C=O) groups is 5. The van der Waals surface area contributed by atoms with Crippen molar-refractivity contribution in [1.82, 2.24) is 53.7 Å². The van der Waals surface area contributed by atoms with Crippen molar-refractivity contribution in [2.75, 3.05) is 111 Å². The summed E-state index contributed by atoms with van der Waals surface area (Å²) in [6, 6.07) is 16.9. The first-order chi connectivity index (χ1) is 59.4. The molecular formula is C85H125N11O26P4S. The number of methoxy groups -OCH3 is 1. The van der Waals surface area contributed by atoms with E-state index in [1.807, 2.05) is 48.5 Å². The molecule has 42 heteroatoms. The molecule has 0 bridgehead atoms. The second-order valence-electron chi connectivity index (χ2n) is 35.5. The molecule has 0 radical (unpaired) electrons. The number of aliphatic hydroxyl groups is 7. The lowest BCUT2D eigenvalue weighted by Crippen LogP contribution is -2.43. The van der Waals surface area contributed by atoms with Crippen molar-refractivity contribution in [2.45, 2.75) is 190 Å². The van der Waals surface area contributed by atoms with Crippen molar-refractivity contribution in [3.05, 3.63) is 185 Å². The van der Waals surface area contributed by atoms with Crippen LogP contribution in [0.3, 0.4) is 0 Å². The van der Waals surface area contributed by atoms with E-state index in [-0.39, 0.29) is 104 Å². The Bertz CT molecular complexity index is 5420. The first-order valence-electron chi connectivity index (χ1n) is 41.5. The van der Waals surface area contributed by atoms with E-state index in [1.54, 1.807) is 0 Å². The maximum absolute atomic E-state index is 13.3. The quantitative estimate of drug-likeness (QED) is 0.0117. The number of rotatable bonds is 35. The molecule has 4 fully saturated rings. The molecule has 0 amide bonds. The highest BCUT2D eigenvalue weighted by atomic mass is 32.1. The molecule has 4 saturated heterocycles. The number of aromatic amines is 3. The van der Waals surface area contributed by atoms with Gasteiger partial charge in [-0.25, -0.2) is 19.2 Å². The van der Waals surface area contributed by atoms with E-state index in [4.69, 9.17) is 45.4 Å². The van der Waals surface area contributed by atoms with Crippen LogP contribution < -0.4 is 55.3 Å². The van der Waals surface area contributed by atoms with Gasteiger partial charge in [0.05, 0.1) is 50.0 Å². The summed E-state index contributed by atoms with van der Waals surface area (Å²) in [5, 5.41) is 81.7. The number of carbonyl (C=O) groups excluding carboxylic acids is 5. The lowest BCUT2D eigenvalue weighted by molar-refractivity contribution is -0.144. The molecule has 37 nitrogen and oxygen atoms in total. The number of hydrogen-bond donors (Lipinski definition) is 13. The third-order valence-electron chi connectivity index (χ3n) is 21.8. The molecule has 8 heterocycles. The van der Waals surface area contributed by atoms with Crippen molar-refractivity contribution < 1.29 is 92.9 Å². The van der Waals surface area contributed by atoms with E-state index in [2.05, 4.69) is 109 Å². The topological polar surface area (TPSA) is 519 Å². The SMILES string of the molecule is C=P(C)(C)CC[C@H]1OC(n2cc(CNCC(C)=O)c(=O)[nH]c2=O)[C@H](O)[C@@H]1O.C=P(C)(C)CC[C@H]1OC(n2cc(CNCC(C)=O)c(=O)[nH]c2=O)[C@H](OC)[C@@H]1O.C=P(C)(C)CC[C@H]1OC(n2cc(CNCC(C)=O)c(=O)[nH]c2=S)[C@H](O)[C@@H]1O.C=P(C)(C)CC[C@H]1O[C@@H](n2ccc(=O)n(CCC(C)C(=O)OC(=O)OCC3c4ccccc4-c4ccccc43)c2=O)[C@H](O)[C@@H]1O. The molecule has 0 spiro atoms. The molecule has 127 heavy (non-hydrogen) atoms. The van der Waals surface area contributed by atoms with Crippen LogP contribution in [0.2, 0.25) is 0 Å². The Morgan fingerprint density at radius 3 is 1.24 bits per heavy atom. The van der Waals surface area contributed by atoms with Crippen molar-refractivity contribution in [1.29, 1.82) is 0 Å². The number of aromatic nitrogens is 8. The zero-order valence-corrected chi connectivity index (χ0v) is 78.5. The zero-order chi connectivity index (χ0) is 94.2. The van der Waals surface area contributed by atoms with Crippen molar-refractivity contribution in [3.63, 3.8) is 0 Å². The number of ketones is 3. The Morgan fingerprint density at radius 1 is 0.496 bits per heavy atom. The fourth-order valence-corrected chi connectivity index (χ4v) is 18.8. The number of nitrogens with one attached hydrogen (secondary N) is 6. The Kier molecular flexibility index (Phi) is 37.7. The van der Waals surface area contributed by atoms with Gasteiger partial charge in [-0.2, -0.15) is 0 Å². The number of Topliss-reactive ketones (excluding diaryl/α,β-unsaturated/α-hetero) is 3. The van der Waals surface area contributed by atoms with Gasteiger partial charge in [-0.1, -0.05) is 55.5 Å². The van der Waals surface area contributed by atoms with E-state index in [1.165, 1.54) is 68.7 Å². The Hall–Kier alpha value is -7.87. The normalized spacial score (nSPS) is 24.1. The molecule has 1 aliphatic carbocycles. The first-order valence-corrected chi connectivity index (χ1v) is 54.1. The third-order valence-corrected chi connectivity index (χ3v) is 27.9. The average molecular weight is 1870 g/mol. The minimum atomic E-state index is -1.40. The Labute approximate surface area is 740 Å². The van der Waals surface area contributed by atoms with Crippen molar-refractivity contribution in [3.8, 4) is 11.1 Å². The number of ether oxygens (including phenoxy) is 7. The molecule has 2 aromatic carbocycles. The second kappa shape index (κ2) is 45.8. The first kappa shape index (κ1) is 104. The molecule has 6 aromatic rings. The third kappa shape index (κ3) is 29.3. The summed E-state index contributed by atoms with van der Waals surface area (Å²) in [4.78, 5) is 152. The summed E-state index contributed by atoms with van der Waals surface area (Å²) < 4.78 is 44.9. The largest absolute Gasteiger partial charge is 0.516 e. The van der Waals surface area contributed by atoms with Gasteiger partial charge in [0, 0.05) is 86.8 Å². The molecule has 11 rings (SSSR count). The van der Waals surface area contributed by atoms with Crippen LogP contribution in [-0.2, 0) is 78.5 Å². The summed E-state index contributed by atoms with van der Waals surface area (Å²) >= 11 is 5.20. The smallest absolute Gasteiger partial charge is 0.433 e. The van der Waals surface area contributed by atoms with Crippen LogP contribution in [0.15, 0.2) is 113 Å². The van der Waals surface area contributed by atoms with Crippen LogP contribution in [0, 0.1) is 10.7 Å². The van der Waals surface area contributed by atoms with E-state index in [0.717, 1.165) is 66.7 Å². The van der Waals surface area contributed by atoms with E-state index >= 15 is 0 Å². The summed E-state index contributed by atoms with van der Waals surface area (Å²) in [5.41, 5.74) is 0.776. The van der Waals surface area contributed by atoms with Crippen LogP contribution in [0.4, 0.5) is 4.79 Å². The number of benzene rings is 2. The van der Waals surface area contributed by atoms with Crippen molar-refractivity contribution >= 4 is 94.4 Å². The van der Waals surface area contributed by atoms with Crippen LogP contribution in [-0.4, -0.2) is 313 Å². The standard InChI is InChI=1S/C33H39N2O9P.C18H30N3O6P.C17H28N3O6P.C17H28N3O5PS/c1-20(31(39)44-33(41)42-19-25-23-11-7-5-9-21(23)22-10-6-8-12-24(22)25)13-16-34-27(36)14-17-35(32(34)40)30-29(38)28(37)26(43-30)15-18-45(2,3)4;1-11(22)8-19-9-12-10-21(18(25)20-16(12)24)17-15(26-2)14(23)13(27-17)6-7-28(3,4)5;1-10(21)7-18-8-11-9-20(17(25)19-15(11)24)16-14(23)13(22)12(26-16)5-6-27(2,3)4;1-10(21)7-18-8-11-9-20(17(27)19-15(11)24)16-14(23)13(22)12(25-16)5-6-26(2,3)4/h5-12,14,17,20,25-26,28-30,37-38H,2,13,15-16,18-19H2,1,3-4H3;10,13-15,17,19,23H,3,6-9H2,1-2,4-5H3,(H,20,24,25);9,12-14,16,18,22-23H,2,5-8H2,1,3-4H3,(H,19,24,25);9,12-14,16,18,22-23H,2,5-8H2,1,3-4H3,(H,19,24,27)/t20?,26-,28-,29-,30-;13-,14-,15-,17?;2*12-,13-,14-,16?/m1111/s1. The number of hydrogen-bond acceptors (Lipinski definition) is 30. The van der Waals surface area contributed by atoms with Gasteiger partial charge in [-0.05, 0) is 165 Å². The highest BCUT2D eigenvalue weighted by Gasteiger charge is 2.48.